The first kappa shape index (κ1) is 18.2. The van der Waals surface area contributed by atoms with E-state index in [1.807, 2.05) is 18.2 Å². The molecule has 1 amide bonds. The highest BCUT2D eigenvalue weighted by atomic mass is 16.5. The van der Waals surface area contributed by atoms with Crippen LogP contribution in [0.15, 0.2) is 47.0 Å². The van der Waals surface area contributed by atoms with Gasteiger partial charge in [0.25, 0.3) is 5.91 Å². The Bertz CT molecular complexity index is 916. The number of amides is 1. The average molecular weight is 369 g/mol. The monoisotopic (exact) mass is 369 g/mol. The van der Waals surface area contributed by atoms with E-state index in [0.717, 1.165) is 5.56 Å². The molecule has 0 saturated carbocycles. The molecule has 0 fully saturated rings. The molecule has 0 spiro atoms. The third kappa shape index (κ3) is 4.00. The Labute approximate surface area is 156 Å². The lowest BCUT2D eigenvalue weighted by molar-refractivity contribution is 0.0940. The fraction of sp³-hybridized carbons (Fsp3) is 0.211. The van der Waals surface area contributed by atoms with E-state index in [-0.39, 0.29) is 18.3 Å². The maximum Gasteiger partial charge on any atom is 0.259 e. The zero-order valence-electron chi connectivity index (χ0n) is 15.2. The second kappa shape index (κ2) is 8.22. The number of carbonyl (C=O) groups excluding carboxylic acids is 1. The molecular weight excluding hydrogens is 350 g/mol. The first-order valence-corrected chi connectivity index (χ1v) is 8.12. The topological polar surface area (TPSA) is 95.7 Å². The van der Waals surface area contributed by atoms with Gasteiger partial charge in [-0.3, -0.25) is 4.79 Å². The van der Waals surface area contributed by atoms with Gasteiger partial charge in [0.2, 0.25) is 11.7 Å². The number of benzene rings is 2. The predicted molar refractivity (Wildman–Crippen MR) is 97.0 cm³/mol. The number of nitrogens with zero attached hydrogens (tertiary/aromatic N) is 2. The maximum atomic E-state index is 12.6. The van der Waals surface area contributed by atoms with E-state index in [1.165, 1.54) is 14.2 Å². The molecule has 8 nitrogen and oxygen atoms in total. The number of hydrogen-bond acceptors (Lipinski definition) is 7. The van der Waals surface area contributed by atoms with Gasteiger partial charge in [-0.2, -0.15) is 4.98 Å². The average Bonchev–Trinajstić information content (AvgIpc) is 3.20. The smallest absolute Gasteiger partial charge is 0.259 e. The highest BCUT2D eigenvalue weighted by Gasteiger charge is 2.19. The predicted octanol–water partition coefficient (Wildman–Crippen LogP) is 2.69. The largest absolute Gasteiger partial charge is 0.497 e. The van der Waals surface area contributed by atoms with Crippen molar-refractivity contribution in [2.75, 3.05) is 21.3 Å². The molecule has 1 aromatic heterocycles. The van der Waals surface area contributed by atoms with Crippen LogP contribution in [-0.2, 0) is 6.54 Å². The lowest BCUT2D eigenvalue weighted by Gasteiger charge is -2.12. The van der Waals surface area contributed by atoms with Crippen molar-refractivity contribution in [3.63, 3.8) is 0 Å². The van der Waals surface area contributed by atoms with Gasteiger partial charge in [0, 0.05) is 5.56 Å². The summed E-state index contributed by atoms with van der Waals surface area (Å²) in [6, 6.07) is 12.4. The summed E-state index contributed by atoms with van der Waals surface area (Å²) in [5.74, 6) is 1.83. The molecule has 1 N–H and O–H groups in total. The van der Waals surface area contributed by atoms with E-state index in [1.54, 1.807) is 31.4 Å². The summed E-state index contributed by atoms with van der Waals surface area (Å²) in [5, 5.41) is 6.67. The van der Waals surface area contributed by atoms with Crippen LogP contribution in [0.1, 0.15) is 16.2 Å². The van der Waals surface area contributed by atoms with Gasteiger partial charge in [-0.15, -0.1) is 0 Å². The Hall–Kier alpha value is -3.55. The second-order valence-corrected chi connectivity index (χ2v) is 5.46. The summed E-state index contributed by atoms with van der Waals surface area (Å²) in [6.45, 7) is 0.0665. The first-order valence-electron chi connectivity index (χ1n) is 8.12. The number of methoxy groups -OCH3 is 3. The van der Waals surface area contributed by atoms with Gasteiger partial charge in [0.05, 0.1) is 27.9 Å². The van der Waals surface area contributed by atoms with Crippen molar-refractivity contribution in [3.05, 3.63) is 53.9 Å². The van der Waals surface area contributed by atoms with Crippen molar-refractivity contribution in [2.24, 2.45) is 0 Å². The number of rotatable bonds is 7. The summed E-state index contributed by atoms with van der Waals surface area (Å²) in [7, 11) is 4.57. The number of carbonyl (C=O) groups is 1. The van der Waals surface area contributed by atoms with E-state index in [4.69, 9.17) is 18.7 Å². The van der Waals surface area contributed by atoms with Crippen LogP contribution in [0.2, 0.25) is 0 Å². The fourth-order valence-corrected chi connectivity index (χ4v) is 2.53. The fourth-order valence-electron chi connectivity index (χ4n) is 2.53. The molecule has 3 rings (SSSR count). The summed E-state index contributed by atoms with van der Waals surface area (Å²) in [6.07, 6.45) is 0. The van der Waals surface area contributed by atoms with Crippen molar-refractivity contribution in [1.29, 1.82) is 0 Å². The molecule has 0 unspecified atom stereocenters. The van der Waals surface area contributed by atoms with Gasteiger partial charge < -0.3 is 24.1 Å². The number of nitrogens with one attached hydrogen (secondary N) is 1. The molecule has 3 aromatic rings. The van der Waals surface area contributed by atoms with E-state index >= 15 is 0 Å². The minimum atomic E-state index is -0.370. The molecule has 1 heterocycles. The minimum absolute atomic E-state index is 0.0665. The van der Waals surface area contributed by atoms with Gasteiger partial charge >= 0.3 is 0 Å². The summed E-state index contributed by atoms with van der Waals surface area (Å²) in [4.78, 5) is 16.9. The van der Waals surface area contributed by atoms with Crippen molar-refractivity contribution >= 4 is 5.91 Å². The number of hydrogen-bond donors (Lipinski definition) is 1. The Morgan fingerprint density at radius 3 is 2.41 bits per heavy atom. The second-order valence-electron chi connectivity index (χ2n) is 5.46. The van der Waals surface area contributed by atoms with E-state index in [9.17, 15) is 4.79 Å². The van der Waals surface area contributed by atoms with Gasteiger partial charge in [0.15, 0.2) is 0 Å². The SMILES string of the molecule is COc1cccc(-c2noc(CNC(=O)c3c(OC)cccc3OC)n2)c1. The van der Waals surface area contributed by atoms with Crippen LogP contribution in [0.5, 0.6) is 17.2 Å². The van der Waals surface area contributed by atoms with E-state index in [0.29, 0.717) is 28.6 Å². The van der Waals surface area contributed by atoms with Crippen molar-refractivity contribution < 1.29 is 23.5 Å². The zero-order chi connectivity index (χ0) is 19.2. The molecule has 0 atom stereocenters. The van der Waals surface area contributed by atoms with Crippen LogP contribution in [0.3, 0.4) is 0 Å². The van der Waals surface area contributed by atoms with Crippen molar-refractivity contribution in [1.82, 2.24) is 15.5 Å². The van der Waals surface area contributed by atoms with Gasteiger partial charge in [-0.1, -0.05) is 23.4 Å². The standard InChI is InChI=1S/C19H19N3O5/c1-24-13-7-4-6-12(10-13)18-21-16(27-22-18)11-20-19(23)17-14(25-2)8-5-9-15(17)26-3/h4-10H,11H2,1-3H3,(H,20,23). The van der Waals surface area contributed by atoms with Gasteiger partial charge in [-0.05, 0) is 24.3 Å². The maximum absolute atomic E-state index is 12.6. The summed E-state index contributed by atoms with van der Waals surface area (Å²) < 4.78 is 20.9. The van der Waals surface area contributed by atoms with Crippen LogP contribution in [0, 0.1) is 0 Å². The normalized spacial score (nSPS) is 10.3. The lowest BCUT2D eigenvalue weighted by atomic mass is 10.1. The molecule has 0 aliphatic rings. The molecule has 0 radical (unpaired) electrons. The minimum Gasteiger partial charge on any atom is -0.497 e. The van der Waals surface area contributed by atoms with Gasteiger partial charge in [-0.25, -0.2) is 0 Å². The summed E-state index contributed by atoms with van der Waals surface area (Å²) in [5.41, 5.74) is 1.05. The summed E-state index contributed by atoms with van der Waals surface area (Å²) >= 11 is 0. The molecule has 0 saturated heterocycles. The Kier molecular flexibility index (Phi) is 5.55. The highest BCUT2D eigenvalue weighted by Crippen LogP contribution is 2.28. The van der Waals surface area contributed by atoms with Crippen LogP contribution in [0.25, 0.3) is 11.4 Å². The van der Waals surface area contributed by atoms with E-state index < -0.39 is 0 Å². The quantitative estimate of drug-likeness (QED) is 0.684. The molecule has 0 bridgehead atoms. The lowest BCUT2D eigenvalue weighted by Crippen LogP contribution is -2.24. The number of ether oxygens (including phenoxy) is 3. The van der Waals surface area contributed by atoms with Crippen molar-refractivity contribution in [2.45, 2.75) is 6.54 Å². The van der Waals surface area contributed by atoms with Crippen LogP contribution < -0.4 is 19.5 Å². The van der Waals surface area contributed by atoms with E-state index in [2.05, 4.69) is 15.5 Å². The number of aromatic nitrogens is 2. The van der Waals surface area contributed by atoms with Crippen LogP contribution in [0.4, 0.5) is 0 Å². The molecule has 0 aliphatic carbocycles. The third-order valence-corrected chi connectivity index (χ3v) is 3.85. The molecular formula is C19H19N3O5. The Balaban J connectivity index is 1.73. The zero-order valence-corrected chi connectivity index (χ0v) is 15.2. The van der Waals surface area contributed by atoms with Crippen LogP contribution in [-0.4, -0.2) is 37.4 Å². The highest BCUT2D eigenvalue weighted by molar-refractivity contribution is 5.99. The van der Waals surface area contributed by atoms with Crippen molar-refractivity contribution in [3.8, 4) is 28.6 Å². The molecule has 0 aliphatic heterocycles. The molecule has 2 aromatic carbocycles. The Morgan fingerprint density at radius 2 is 1.74 bits per heavy atom. The first-order chi connectivity index (χ1) is 13.2. The molecule has 8 heteroatoms. The molecule has 140 valence electrons. The van der Waals surface area contributed by atoms with Gasteiger partial charge in [0.1, 0.15) is 22.8 Å². The molecule has 27 heavy (non-hydrogen) atoms. The van der Waals surface area contributed by atoms with Crippen LogP contribution >= 0.6 is 0 Å². The third-order valence-electron chi connectivity index (χ3n) is 3.85. The Morgan fingerprint density at radius 1 is 1.04 bits per heavy atom.